The van der Waals surface area contributed by atoms with Crippen molar-refractivity contribution >= 4 is 39.4 Å². The van der Waals surface area contributed by atoms with Gasteiger partial charge in [-0.15, -0.1) is 0 Å². The standard InChI is InChI=1S/C14H13BrO2S/c1-16-12-7-11(8-13(17-2)14(12)15)4-3-10-5-6-18-9-10/h3-9H,1-2H3/b4-3+. The van der Waals surface area contributed by atoms with Crippen molar-refractivity contribution in [2.24, 2.45) is 0 Å². The lowest BCUT2D eigenvalue weighted by Crippen LogP contribution is -1.90. The lowest BCUT2D eigenvalue weighted by molar-refractivity contribution is 0.389. The summed E-state index contributed by atoms with van der Waals surface area (Å²) in [5, 5.41) is 4.16. The molecule has 0 unspecified atom stereocenters. The number of methoxy groups -OCH3 is 2. The predicted molar refractivity (Wildman–Crippen MR) is 80.5 cm³/mol. The molecule has 0 amide bonds. The van der Waals surface area contributed by atoms with Crippen LogP contribution in [0.5, 0.6) is 11.5 Å². The molecule has 0 atom stereocenters. The number of ether oxygens (including phenoxy) is 2. The van der Waals surface area contributed by atoms with E-state index in [0.29, 0.717) is 0 Å². The SMILES string of the molecule is COc1cc(/C=C/c2ccsc2)cc(OC)c1Br. The van der Waals surface area contributed by atoms with E-state index in [1.165, 1.54) is 5.56 Å². The largest absolute Gasteiger partial charge is 0.495 e. The third-order valence-electron chi connectivity index (χ3n) is 2.48. The van der Waals surface area contributed by atoms with Crippen molar-refractivity contribution in [3.63, 3.8) is 0 Å². The molecule has 0 aliphatic heterocycles. The van der Waals surface area contributed by atoms with Crippen LogP contribution in [0.1, 0.15) is 11.1 Å². The molecule has 0 N–H and O–H groups in total. The number of thiophene rings is 1. The summed E-state index contributed by atoms with van der Waals surface area (Å²) in [5.41, 5.74) is 2.24. The Hall–Kier alpha value is -1.26. The molecule has 0 saturated carbocycles. The summed E-state index contributed by atoms with van der Waals surface area (Å²) in [6.45, 7) is 0. The van der Waals surface area contributed by atoms with E-state index in [1.807, 2.05) is 18.2 Å². The Labute approximate surface area is 119 Å². The lowest BCUT2D eigenvalue weighted by atomic mass is 10.1. The second-order valence-corrected chi connectivity index (χ2v) is 5.20. The minimum absolute atomic E-state index is 0.763. The first kappa shape index (κ1) is 13.2. The van der Waals surface area contributed by atoms with Gasteiger partial charge in [0.2, 0.25) is 0 Å². The molecule has 0 fully saturated rings. The maximum absolute atomic E-state index is 5.31. The molecule has 0 aliphatic carbocycles. The molecule has 2 aromatic rings. The van der Waals surface area contributed by atoms with Crippen LogP contribution in [0, 0.1) is 0 Å². The summed E-state index contributed by atoms with van der Waals surface area (Å²) in [7, 11) is 3.29. The Kier molecular flexibility index (Phi) is 4.44. The molecule has 0 aliphatic rings. The molecule has 2 rings (SSSR count). The highest BCUT2D eigenvalue weighted by molar-refractivity contribution is 9.10. The number of benzene rings is 1. The average Bonchev–Trinajstić information content (AvgIpc) is 2.90. The zero-order chi connectivity index (χ0) is 13.0. The fourth-order valence-electron chi connectivity index (χ4n) is 1.55. The van der Waals surface area contributed by atoms with Crippen LogP contribution < -0.4 is 9.47 Å². The average molecular weight is 325 g/mol. The van der Waals surface area contributed by atoms with Gasteiger partial charge in [-0.25, -0.2) is 0 Å². The van der Waals surface area contributed by atoms with Gasteiger partial charge in [-0.2, -0.15) is 11.3 Å². The Morgan fingerprint density at radius 1 is 1.06 bits per heavy atom. The minimum atomic E-state index is 0.763. The van der Waals surface area contributed by atoms with Crippen LogP contribution in [0.3, 0.4) is 0 Å². The quantitative estimate of drug-likeness (QED) is 0.811. The first-order valence-corrected chi connectivity index (χ1v) is 7.10. The third kappa shape index (κ3) is 2.94. The van der Waals surface area contributed by atoms with E-state index in [9.17, 15) is 0 Å². The fraction of sp³-hybridized carbons (Fsp3) is 0.143. The van der Waals surface area contributed by atoms with Gasteiger partial charge in [0.1, 0.15) is 16.0 Å². The Morgan fingerprint density at radius 3 is 2.17 bits per heavy atom. The molecular formula is C14H13BrO2S. The zero-order valence-corrected chi connectivity index (χ0v) is 12.5. The van der Waals surface area contributed by atoms with Crippen molar-refractivity contribution in [3.8, 4) is 11.5 Å². The first-order valence-electron chi connectivity index (χ1n) is 5.36. The molecule has 0 bridgehead atoms. The predicted octanol–water partition coefficient (Wildman–Crippen LogP) is 4.70. The van der Waals surface area contributed by atoms with Gasteiger partial charge in [0.15, 0.2) is 0 Å². The highest BCUT2D eigenvalue weighted by atomic mass is 79.9. The van der Waals surface area contributed by atoms with E-state index in [0.717, 1.165) is 21.5 Å². The summed E-state index contributed by atoms with van der Waals surface area (Å²) in [5.74, 6) is 1.53. The summed E-state index contributed by atoms with van der Waals surface area (Å²) < 4.78 is 11.4. The van der Waals surface area contributed by atoms with E-state index in [-0.39, 0.29) is 0 Å². The smallest absolute Gasteiger partial charge is 0.137 e. The van der Waals surface area contributed by atoms with E-state index >= 15 is 0 Å². The zero-order valence-electron chi connectivity index (χ0n) is 10.1. The van der Waals surface area contributed by atoms with Gasteiger partial charge in [-0.05, 0) is 56.0 Å². The highest BCUT2D eigenvalue weighted by Gasteiger charge is 2.08. The number of rotatable bonds is 4. The number of halogens is 1. The van der Waals surface area contributed by atoms with Gasteiger partial charge in [0, 0.05) is 0 Å². The fourth-order valence-corrected chi connectivity index (χ4v) is 2.73. The van der Waals surface area contributed by atoms with Crippen LogP contribution in [-0.4, -0.2) is 14.2 Å². The van der Waals surface area contributed by atoms with Crippen LogP contribution >= 0.6 is 27.3 Å². The molecule has 2 nitrogen and oxygen atoms in total. The Bertz CT molecular complexity index is 522. The molecule has 94 valence electrons. The molecule has 1 aromatic heterocycles. The van der Waals surface area contributed by atoms with Crippen LogP contribution in [-0.2, 0) is 0 Å². The second-order valence-electron chi connectivity index (χ2n) is 3.63. The van der Waals surface area contributed by atoms with E-state index < -0.39 is 0 Å². The highest BCUT2D eigenvalue weighted by Crippen LogP contribution is 2.36. The number of hydrogen-bond acceptors (Lipinski definition) is 3. The molecule has 0 spiro atoms. The first-order chi connectivity index (χ1) is 8.74. The Morgan fingerprint density at radius 2 is 1.67 bits per heavy atom. The molecule has 1 aromatic carbocycles. The van der Waals surface area contributed by atoms with Crippen molar-refractivity contribution in [2.75, 3.05) is 14.2 Å². The molecular weight excluding hydrogens is 312 g/mol. The molecule has 18 heavy (non-hydrogen) atoms. The van der Waals surface area contributed by atoms with Crippen molar-refractivity contribution in [1.29, 1.82) is 0 Å². The summed E-state index contributed by atoms with van der Waals surface area (Å²) in [4.78, 5) is 0. The van der Waals surface area contributed by atoms with E-state index in [2.05, 4.69) is 38.8 Å². The van der Waals surface area contributed by atoms with E-state index in [4.69, 9.17) is 9.47 Å². The molecule has 0 radical (unpaired) electrons. The number of hydrogen-bond donors (Lipinski definition) is 0. The van der Waals surface area contributed by atoms with Gasteiger partial charge < -0.3 is 9.47 Å². The third-order valence-corrected chi connectivity index (χ3v) is 3.96. The van der Waals surface area contributed by atoms with Crippen LogP contribution in [0.25, 0.3) is 12.2 Å². The van der Waals surface area contributed by atoms with Gasteiger partial charge >= 0.3 is 0 Å². The summed E-state index contributed by atoms with van der Waals surface area (Å²) >= 11 is 5.14. The maximum Gasteiger partial charge on any atom is 0.137 e. The van der Waals surface area contributed by atoms with Crippen LogP contribution in [0.15, 0.2) is 33.4 Å². The molecule has 1 heterocycles. The van der Waals surface area contributed by atoms with Gasteiger partial charge in [-0.1, -0.05) is 12.2 Å². The van der Waals surface area contributed by atoms with Gasteiger partial charge in [0.25, 0.3) is 0 Å². The van der Waals surface area contributed by atoms with Crippen molar-refractivity contribution < 1.29 is 9.47 Å². The van der Waals surface area contributed by atoms with Crippen molar-refractivity contribution in [2.45, 2.75) is 0 Å². The normalized spacial score (nSPS) is 10.8. The lowest BCUT2D eigenvalue weighted by Gasteiger charge is -2.09. The summed E-state index contributed by atoms with van der Waals surface area (Å²) in [6, 6.07) is 6.01. The molecule has 0 saturated heterocycles. The second kappa shape index (κ2) is 6.07. The molecule has 4 heteroatoms. The topological polar surface area (TPSA) is 18.5 Å². The van der Waals surface area contributed by atoms with Crippen molar-refractivity contribution in [3.05, 3.63) is 44.6 Å². The Balaban J connectivity index is 2.33. The van der Waals surface area contributed by atoms with Gasteiger partial charge in [0.05, 0.1) is 14.2 Å². The summed E-state index contributed by atoms with van der Waals surface area (Å²) in [6.07, 6.45) is 4.11. The monoisotopic (exact) mass is 324 g/mol. The van der Waals surface area contributed by atoms with E-state index in [1.54, 1.807) is 25.6 Å². The van der Waals surface area contributed by atoms with Gasteiger partial charge in [-0.3, -0.25) is 0 Å². The minimum Gasteiger partial charge on any atom is -0.495 e. The maximum atomic E-state index is 5.31. The van der Waals surface area contributed by atoms with Crippen molar-refractivity contribution in [1.82, 2.24) is 0 Å². The van der Waals surface area contributed by atoms with Crippen LogP contribution in [0.4, 0.5) is 0 Å². The van der Waals surface area contributed by atoms with Crippen LogP contribution in [0.2, 0.25) is 0 Å².